The Morgan fingerprint density at radius 3 is 2.72 bits per heavy atom. The Morgan fingerprint density at radius 1 is 1.44 bits per heavy atom. The minimum absolute atomic E-state index is 0.238. The molecule has 0 heterocycles. The zero-order valence-corrected chi connectivity index (χ0v) is 13.2. The number of aliphatic hydroxyl groups excluding tert-OH is 1. The van der Waals surface area contributed by atoms with E-state index in [0.29, 0.717) is 18.2 Å². The molecule has 0 aliphatic carbocycles. The van der Waals surface area contributed by atoms with Gasteiger partial charge in [-0.3, -0.25) is 0 Å². The van der Waals surface area contributed by atoms with Gasteiger partial charge in [0.25, 0.3) is 0 Å². The van der Waals surface area contributed by atoms with E-state index in [-0.39, 0.29) is 5.60 Å². The standard InChI is InChI=1S/C13H19BrClNO2/c1-13(2,3)18-8-10(17)7-16-12-6-9(15)4-5-11(12)14/h4-6,10,16-17H,7-8H2,1-3H3. The Kier molecular flexibility index (Phi) is 5.92. The van der Waals surface area contributed by atoms with Crippen LogP contribution in [-0.4, -0.2) is 30.0 Å². The van der Waals surface area contributed by atoms with Gasteiger partial charge in [0.1, 0.15) is 0 Å². The van der Waals surface area contributed by atoms with E-state index in [1.54, 1.807) is 6.07 Å². The zero-order chi connectivity index (χ0) is 13.8. The van der Waals surface area contributed by atoms with E-state index in [9.17, 15) is 5.11 Å². The molecule has 0 spiro atoms. The molecule has 1 rings (SSSR count). The van der Waals surface area contributed by atoms with Gasteiger partial charge < -0.3 is 15.2 Å². The SMILES string of the molecule is CC(C)(C)OCC(O)CNc1cc(Cl)ccc1Br. The van der Waals surface area contributed by atoms with Crippen molar-refractivity contribution in [1.82, 2.24) is 0 Å². The summed E-state index contributed by atoms with van der Waals surface area (Å²) >= 11 is 9.32. The summed E-state index contributed by atoms with van der Waals surface area (Å²) in [5, 5.41) is 13.6. The highest BCUT2D eigenvalue weighted by atomic mass is 79.9. The van der Waals surface area contributed by atoms with Crippen LogP contribution >= 0.6 is 27.5 Å². The summed E-state index contributed by atoms with van der Waals surface area (Å²) in [5.41, 5.74) is 0.620. The van der Waals surface area contributed by atoms with Crippen molar-refractivity contribution < 1.29 is 9.84 Å². The molecule has 1 aromatic rings. The Hall–Kier alpha value is -0.290. The lowest BCUT2D eigenvalue weighted by atomic mass is 10.2. The van der Waals surface area contributed by atoms with Crippen molar-refractivity contribution in [2.24, 2.45) is 0 Å². The van der Waals surface area contributed by atoms with Crippen molar-refractivity contribution in [3.63, 3.8) is 0 Å². The smallest absolute Gasteiger partial charge is 0.0945 e. The lowest BCUT2D eigenvalue weighted by Gasteiger charge is -2.22. The first kappa shape index (κ1) is 15.8. The van der Waals surface area contributed by atoms with Crippen LogP contribution in [0.4, 0.5) is 5.69 Å². The monoisotopic (exact) mass is 335 g/mol. The number of halogens is 2. The summed E-state index contributed by atoms with van der Waals surface area (Å²) in [5.74, 6) is 0. The maximum absolute atomic E-state index is 9.80. The van der Waals surface area contributed by atoms with E-state index in [1.807, 2.05) is 32.9 Å². The van der Waals surface area contributed by atoms with Crippen molar-refractivity contribution in [3.05, 3.63) is 27.7 Å². The maximum atomic E-state index is 9.80. The number of rotatable bonds is 5. The zero-order valence-electron chi connectivity index (χ0n) is 10.8. The summed E-state index contributed by atoms with van der Waals surface area (Å²) in [7, 11) is 0. The van der Waals surface area contributed by atoms with Crippen molar-refractivity contribution in [3.8, 4) is 0 Å². The average molecular weight is 337 g/mol. The third kappa shape index (κ3) is 6.05. The van der Waals surface area contributed by atoms with Crippen LogP contribution in [-0.2, 0) is 4.74 Å². The van der Waals surface area contributed by atoms with Gasteiger partial charge in [0.05, 0.1) is 18.3 Å². The first-order valence-corrected chi connectivity index (χ1v) is 6.96. The Labute approximate surface area is 122 Å². The van der Waals surface area contributed by atoms with Crippen molar-refractivity contribution in [1.29, 1.82) is 0 Å². The van der Waals surface area contributed by atoms with Crippen molar-refractivity contribution >= 4 is 33.2 Å². The van der Waals surface area contributed by atoms with Gasteiger partial charge in [-0.25, -0.2) is 0 Å². The largest absolute Gasteiger partial charge is 0.389 e. The van der Waals surface area contributed by atoms with Crippen LogP contribution in [0.25, 0.3) is 0 Å². The molecule has 1 unspecified atom stereocenters. The number of aliphatic hydroxyl groups is 1. The minimum Gasteiger partial charge on any atom is -0.389 e. The molecule has 18 heavy (non-hydrogen) atoms. The molecule has 0 aliphatic rings. The van der Waals surface area contributed by atoms with Gasteiger partial charge in [-0.2, -0.15) is 0 Å². The second-order valence-electron chi connectivity index (χ2n) is 5.08. The lowest BCUT2D eigenvalue weighted by Crippen LogP contribution is -2.30. The molecule has 0 saturated heterocycles. The van der Waals surface area contributed by atoms with Crippen LogP contribution in [0.15, 0.2) is 22.7 Å². The van der Waals surface area contributed by atoms with Crippen LogP contribution in [0.5, 0.6) is 0 Å². The highest BCUT2D eigenvalue weighted by molar-refractivity contribution is 9.10. The van der Waals surface area contributed by atoms with E-state index in [2.05, 4.69) is 21.2 Å². The molecule has 0 saturated carbocycles. The number of benzene rings is 1. The van der Waals surface area contributed by atoms with E-state index < -0.39 is 6.10 Å². The predicted molar refractivity (Wildman–Crippen MR) is 79.4 cm³/mol. The highest BCUT2D eigenvalue weighted by Crippen LogP contribution is 2.25. The van der Waals surface area contributed by atoms with Gasteiger partial charge in [-0.05, 0) is 54.9 Å². The third-order valence-electron chi connectivity index (χ3n) is 2.17. The van der Waals surface area contributed by atoms with E-state index in [4.69, 9.17) is 16.3 Å². The van der Waals surface area contributed by atoms with Gasteiger partial charge in [0, 0.05) is 21.7 Å². The topological polar surface area (TPSA) is 41.5 Å². The molecule has 5 heteroatoms. The van der Waals surface area contributed by atoms with Crippen LogP contribution in [0.1, 0.15) is 20.8 Å². The summed E-state index contributed by atoms with van der Waals surface area (Å²) in [6, 6.07) is 5.47. The molecule has 102 valence electrons. The van der Waals surface area contributed by atoms with Gasteiger partial charge in [0.15, 0.2) is 0 Å². The molecule has 0 amide bonds. The highest BCUT2D eigenvalue weighted by Gasteiger charge is 2.13. The Morgan fingerprint density at radius 2 is 2.11 bits per heavy atom. The minimum atomic E-state index is -0.560. The first-order chi connectivity index (χ1) is 8.28. The quantitative estimate of drug-likeness (QED) is 0.861. The lowest BCUT2D eigenvalue weighted by molar-refractivity contribution is -0.0449. The number of ether oxygens (including phenoxy) is 1. The average Bonchev–Trinajstić information content (AvgIpc) is 2.26. The molecular formula is C13H19BrClNO2. The molecule has 0 aromatic heterocycles. The summed E-state index contributed by atoms with van der Waals surface area (Å²) in [6.45, 7) is 6.59. The molecule has 0 radical (unpaired) electrons. The summed E-state index contributed by atoms with van der Waals surface area (Å²) < 4.78 is 6.42. The van der Waals surface area contributed by atoms with Crippen molar-refractivity contribution in [2.45, 2.75) is 32.5 Å². The van der Waals surface area contributed by atoms with E-state index >= 15 is 0 Å². The fourth-order valence-electron chi connectivity index (χ4n) is 1.27. The van der Waals surface area contributed by atoms with Crippen molar-refractivity contribution in [2.75, 3.05) is 18.5 Å². The summed E-state index contributed by atoms with van der Waals surface area (Å²) in [6.07, 6.45) is -0.560. The van der Waals surface area contributed by atoms with E-state index in [1.165, 1.54) is 0 Å². The van der Waals surface area contributed by atoms with Crippen LogP contribution in [0.3, 0.4) is 0 Å². The Bertz CT molecular complexity index is 393. The fourth-order valence-corrected chi connectivity index (χ4v) is 1.82. The number of anilines is 1. The van der Waals surface area contributed by atoms with Gasteiger partial charge >= 0.3 is 0 Å². The third-order valence-corrected chi connectivity index (χ3v) is 3.09. The second kappa shape index (κ2) is 6.75. The van der Waals surface area contributed by atoms with Crippen LogP contribution in [0, 0.1) is 0 Å². The van der Waals surface area contributed by atoms with E-state index in [0.717, 1.165) is 10.2 Å². The molecule has 0 bridgehead atoms. The summed E-state index contributed by atoms with van der Waals surface area (Å²) in [4.78, 5) is 0. The molecule has 3 nitrogen and oxygen atoms in total. The molecule has 1 aromatic carbocycles. The van der Waals surface area contributed by atoms with Gasteiger partial charge in [-0.1, -0.05) is 11.6 Å². The van der Waals surface area contributed by atoms with Gasteiger partial charge in [0.2, 0.25) is 0 Å². The fraction of sp³-hybridized carbons (Fsp3) is 0.538. The molecule has 0 fully saturated rings. The second-order valence-corrected chi connectivity index (χ2v) is 6.37. The van der Waals surface area contributed by atoms with Crippen LogP contribution < -0.4 is 5.32 Å². The van der Waals surface area contributed by atoms with Gasteiger partial charge in [-0.15, -0.1) is 0 Å². The maximum Gasteiger partial charge on any atom is 0.0945 e. The first-order valence-electron chi connectivity index (χ1n) is 5.79. The number of hydrogen-bond donors (Lipinski definition) is 2. The molecule has 2 N–H and O–H groups in total. The predicted octanol–water partition coefficient (Wildman–Crippen LogP) is 3.69. The molecule has 1 atom stereocenters. The normalized spacial score (nSPS) is 13.4. The number of nitrogens with one attached hydrogen (secondary N) is 1. The van der Waals surface area contributed by atoms with Crippen LogP contribution in [0.2, 0.25) is 5.02 Å². The Balaban J connectivity index is 2.42. The number of hydrogen-bond acceptors (Lipinski definition) is 3. The molecule has 0 aliphatic heterocycles. The molecular weight excluding hydrogens is 318 g/mol.